The van der Waals surface area contributed by atoms with E-state index in [9.17, 15) is 13.2 Å². The molecule has 1 aromatic heterocycles. The Morgan fingerprint density at radius 1 is 1.08 bits per heavy atom. The van der Waals surface area contributed by atoms with E-state index in [0.29, 0.717) is 17.5 Å². The predicted molar refractivity (Wildman–Crippen MR) is 85.1 cm³/mol. The maximum Gasteiger partial charge on any atom is 0.161 e. The zero-order valence-electron chi connectivity index (χ0n) is 13.1. The summed E-state index contributed by atoms with van der Waals surface area (Å²) in [4.78, 5) is 12.4. The van der Waals surface area contributed by atoms with Crippen molar-refractivity contribution >= 4 is 11.7 Å². The first-order valence-electron chi connectivity index (χ1n) is 7.00. The highest BCUT2D eigenvalue weighted by atomic mass is 19.2. The van der Waals surface area contributed by atoms with Crippen LogP contribution in [0.1, 0.15) is 24.0 Å². The third kappa shape index (κ3) is 4.55. The van der Waals surface area contributed by atoms with Gasteiger partial charge in [0.1, 0.15) is 17.5 Å². The average molecular weight is 335 g/mol. The molecule has 0 amide bonds. The summed E-state index contributed by atoms with van der Waals surface area (Å²) < 4.78 is 40.0. The number of nitrogens with two attached hydrogens (primary N) is 2. The van der Waals surface area contributed by atoms with Gasteiger partial charge in [-0.25, -0.2) is 28.1 Å². The molecule has 0 aliphatic heterocycles. The third-order valence-corrected chi connectivity index (χ3v) is 2.94. The van der Waals surface area contributed by atoms with E-state index in [4.69, 9.17) is 11.5 Å². The maximum atomic E-state index is 13.7. The van der Waals surface area contributed by atoms with Crippen LogP contribution in [0.2, 0.25) is 0 Å². The number of nitrogens with zero attached hydrogens (tertiary/aromatic N) is 3. The van der Waals surface area contributed by atoms with E-state index in [1.54, 1.807) is 19.9 Å². The second-order valence-corrected chi connectivity index (χ2v) is 5.24. The van der Waals surface area contributed by atoms with E-state index < -0.39 is 17.5 Å². The number of rotatable bonds is 4. The molecular weight excluding hydrogens is 319 g/mol. The molecule has 0 unspecified atom stereocenters. The molecule has 0 atom stereocenters. The Bertz CT molecular complexity index is 827. The number of aromatic nitrogens is 2. The molecule has 0 saturated heterocycles. The molecule has 8 heteroatoms. The van der Waals surface area contributed by atoms with E-state index in [2.05, 4.69) is 15.0 Å². The Balaban J connectivity index is 2.36. The topological polar surface area (TPSA) is 90.2 Å². The van der Waals surface area contributed by atoms with Crippen molar-refractivity contribution in [3.63, 3.8) is 0 Å². The fourth-order valence-electron chi connectivity index (χ4n) is 2.02. The van der Waals surface area contributed by atoms with Crippen molar-refractivity contribution in [3.8, 4) is 0 Å². The van der Waals surface area contributed by atoms with Crippen LogP contribution in [0, 0.1) is 24.4 Å². The molecule has 1 aromatic carbocycles. The summed E-state index contributed by atoms with van der Waals surface area (Å²) in [6.07, 6.45) is 1.35. The summed E-state index contributed by atoms with van der Waals surface area (Å²) in [6, 6.07) is 2.86. The van der Waals surface area contributed by atoms with Gasteiger partial charge in [0.15, 0.2) is 17.5 Å². The van der Waals surface area contributed by atoms with Gasteiger partial charge in [0.2, 0.25) is 0 Å². The van der Waals surface area contributed by atoms with Crippen LogP contribution in [-0.2, 0) is 6.42 Å². The van der Waals surface area contributed by atoms with Crippen molar-refractivity contribution in [2.45, 2.75) is 20.3 Å². The van der Waals surface area contributed by atoms with Crippen LogP contribution >= 0.6 is 0 Å². The van der Waals surface area contributed by atoms with Gasteiger partial charge in [0.25, 0.3) is 0 Å². The Labute approximate surface area is 136 Å². The van der Waals surface area contributed by atoms with Crippen molar-refractivity contribution in [1.82, 2.24) is 9.97 Å². The smallest absolute Gasteiger partial charge is 0.161 e. The molecule has 0 fully saturated rings. The Kier molecular flexibility index (Phi) is 5.18. The molecule has 1 heterocycles. The minimum Gasteiger partial charge on any atom is -0.402 e. The first-order chi connectivity index (χ1) is 11.2. The largest absolute Gasteiger partial charge is 0.402 e. The summed E-state index contributed by atoms with van der Waals surface area (Å²) in [5, 5.41) is 0. The van der Waals surface area contributed by atoms with Crippen LogP contribution in [0.4, 0.5) is 19.0 Å². The van der Waals surface area contributed by atoms with Crippen molar-refractivity contribution in [2.75, 3.05) is 0 Å². The average Bonchev–Trinajstić information content (AvgIpc) is 2.43. The first-order valence-corrected chi connectivity index (χ1v) is 7.00. The lowest BCUT2D eigenvalue weighted by molar-refractivity contribution is 0.490. The summed E-state index contributed by atoms with van der Waals surface area (Å²) >= 11 is 0. The van der Waals surface area contributed by atoms with Gasteiger partial charge in [-0.3, -0.25) is 0 Å². The van der Waals surface area contributed by atoms with Crippen molar-refractivity contribution in [2.24, 2.45) is 16.5 Å². The van der Waals surface area contributed by atoms with Gasteiger partial charge in [0.05, 0.1) is 0 Å². The second kappa shape index (κ2) is 7.12. The molecule has 126 valence electrons. The van der Waals surface area contributed by atoms with Gasteiger partial charge < -0.3 is 11.5 Å². The van der Waals surface area contributed by atoms with Gasteiger partial charge in [-0.1, -0.05) is 0 Å². The lowest BCUT2D eigenvalue weighted by atomic mass is 10.1. The maximum absolute atomic E-state index is 13.7. The number of benzene rings is 1. The Hall–Kier alpha value is -2.90. The summed E-state index contributed by atoms with van der Waals surface area (Å²) in [7, 11) is 0. The van der Waals surface area contributed by atoms with Gasteiger partial charge in [-0.05, 0) is 31.6 Å². The number of amidine groups is 1. The number of aryl methyl sites for hydroxylation is 1. The minimum absolute atomic E-state index is 0.0555. The minimum atomic E-state index is -1.25. The molecule has 24 heavy (non-hydrogen) atoms. The Morgan fingerprint density at radius 3 is 2.42 bits per heavy atom. The standard InChI is InChI=1S/C16H16F3N5/c1-8(20)3-14(21)23-15-4-9(2)22-16(24-15)6-10-5-12(18)13(19)7-11(10)17/h3-5,7H,6,20H2,1-2H3,(H2,21,22,23,24)/b8-3-. The normalized spacial score (nSPS) is 12.5. The molecule has 0 bridgehead atoms. The zero-order chi connectivity index (χ0) is 17.9. The Morgan fingerprint density at radius 2 is 1.75 bits per heavy atom. The number of hydrogen-bond acceptors (Lipinski definition) is 4. The van der Waals surface area contributed by atoms with Crippen molar-refractivity contribution in [1.29, 1.82) is 0 Å². The number of hydrogen-bond donors (Lipinski definition) is 2. The number of aliphatic imine (C=N–C) groups is 1. The van der Waals surface area contributed by atoms with E-state index in [1.807, 2.05) is 0 Å². The van der Waals surface area contributed by atoms with Gasteiger partial charge in [-0.2, -0.15) is 0 Å². The molecule has 0 spiro atoms. The van der Waals surface area contributed by atoms with Crippen LogP contribution in [0.25, 0.3) is 0 Å². The van der Waals surface area contributed by atoms with E-state index >= 15 is 0 Å². The molecule has 5 nitrogen and oxygen atoms in total. The van der Waals surface area contributed by atoms with Crippen molar-refractivity contribution in [3.05, 3.63) is 64.5 Å². The van der Waals surface area contributed by atoms with E-state index in [1.165, 1.54) is 6.08 Å². The summed E-state index contributed by atoms with van der Waals surface area (Å²) in [5.74, 6) is -2.63. The molecule has 0 aliphatic carbocycles. The predicted octanol–water partition coefficient (Wildman–Crippen LogP) is 2.64. The highest BCUT2D eigenvalue weighted by Crippen LogP contribution is 2.18. The monoisotopic (exact) mass is 335 g/mol. The fourth-order valence-corrected chi connectivity index (χ4v) is 2.02. The molecular formula is C16H16F3N5. The van der Waals surface area contributed by atoms with E-state index in [-0.39, 0.29) is 29.5 Å². The molecule has 0 saturated carbocycles. The highest BCUT2D eigenvalue weighted by Gasteiger charge is 2.12. The molecule has 2 aromatic rings. The summed E-state index contributed by atoms with van der Waals surface area (Å²) in [5.41, 5.74) is 12.2. The lowest BCUT2D eigenvalue weighted by Gasteiger charge is -2.06. The van der Waals surface area contributed by atoms with Crippen LogP contribution in [-0.4, -0.2) is 15.8 Å². The van der Waals surface area contributed by atoms with Crippen LogP contribution in [0.5, 0.6) is 0 Å². The van der Waals surface area contributed by atoms with Gasteiger partial charge >= 0.3 is 0 Å². The van der Waals surface area contributed by atoms with E-state index in [0.717, 1.165) is 6.07 Å². The third-order valence-electron chi connectivity index (χ3n) is 2.94. The van der Waals surface area contributed by atoms with Gasteiger partial charge in [0, 0.05) is 29.9 Å². The zero-order valence-corrected chi connectivity index (χ0v) is 13.1. The molecule has 4 N–H and O–H groups in total. The molecule has 2 rings (SSSR count). The second-order valence-electron chi connectivity index (χ2n) is 5.24. The quantitative estimate of drug-likeness (QED) is 0.510. The highest BCUT2D eigenvalue weighted by molar-refractivity contribution is 5.93. The first kappa shape index (κ1) is 17.5. The van der Waals surface area contributed by atoms with Gasteiger partial charge in [-0.15, -0.1) is 0 Å². The molecule has 0 radical (unpaired) electrons. The lowest BCUT2D eigenvalue weighted by Crippen LogP contribution is -2.10. The summed E-state index contributed by atoms with van der Waals surface area (Å²) in [6.45, 7) is 3.36. The molecule has 0 aliphatic rings. The van der Waals surface area contributed by atoms with Crippen LogP contribution in [0.3, 0.4) is 0 Å². The SMILES string of the molecule is C/C(N)=C/C(N)=Nc1cc(C)nc(Cc2cc(F)c(F)cc2F)n1. The number of halogens is 3. The fraction of sp³-hybridized carbons (Fsp3) is 0.188. The van der Waals surface area contributed by atoms with Crippen LogP contribution in [0.15, 0.2) is 35.0 Å². The van der Waals surface area contributed by atoms with Crippen molar-refractivity contribution < 1.29 is 13.2 Å². The number of allylic oxidation sites excluding steroid dienone is 1. The van der Waals surface area contributed by atoms with Crippen LogP contribution < -0.4 is 11.5 Å².